The number of rotatable bonds is 7. The summed E-state index contributed by atoms with van der Waals surface area (Å²) in [5.74, 6) is 0.0476. The Hall–Kier alpha value is -2.62. The van der Waals surface area contributed by atoms with Crippen molar-refractivity contribution in [3.8, 4) is 5.75 Å². The maximum Gasteiger partial charge on any atom is 0.335 e. The van der Waals surface area contributed by atoms with Crippen molar-refractivity contribution in [2.24, 2.45) is 0 Å². The van der Waals surface area contributed by atoms with Crippen LogP contribution in [-0.4, -0.2) is 23.5 Å². The van der Waals surface area contributed by atoms with Crippen molar-refractivity contribution >= 4 is 11.8 Å². The minimum Gasteiger partial charge on any atom is -0.486 e. The molecule has 0 atom stereocenters. The van der Waals surface area contributed by atoms with Gasteiger partial charge in [-0.2, -0.15) is 0 Å². The second-order valence-electron chi connectivity index (χ2n) is 6.57. The Balaban J connectivity index is 2.01. The fraction of sp³-hybridized carbons (Fsp3) is 0.333. The van der Waals surface area contributed by atoms with Gasteiger partial charge in [0.25, 0.3) is 0 Å². The molecule has 0 amide bonds. The summed E-state index contributed by atoms with van der Waals surface area (Å²) in [6, 6.07) is 10.8. The molecule has 4 nitrogen and oxygen atoms in total. The quantitative estimate of drug-likeness (QED) is 0.815. The van der Waals surface area contributed by atoms with Crippen molar-refractivity contribution in [1.82, 2.24) is 0 Å². The lowest BCUT2D eigenvalue weighted by molar-refractivity contribution is -0.120. The second-order valence-corrected chi connectivity index (χ2v) is 6.57. The van der Waals surface area contributed by atoms with E-state index in [9.17, 15) is 9.59 Å². The molecular weight excluding hydrogens is 316 g/mol. The number of carboxylic acids is 1. The number of ether oxygens (including phenoxy) is 1. The highest BCUT2D eigenvalue weighted by Crippen LogP contribution is 2.23. The van der Waals surface area contributed by atoms with Crippen LogP contribution in [0.25, 0.3) is 0 Å². The van der Waals surface area contributed by atoms with E-state index >= 15 is 0 Å². The molecule has 0 bridgehead atoms. The zero-order chi connectivity index (χ0) is 18.6. The van der Waals surface area contributed by atoms with Gasteiger partial charge in [-0.1, -0.05) is 32.0 Å². The number of carboxylic acid groups (broad SMARTS) is 1. The summed E-state index contributed by atoms with van der Waals surface area (Å²) < 4.78 is 5.61. The molecule has 132 valence electrons. The van der Waals surface area contributed by atoms with Crippen molar-refractivity contribution in [3.05, 3.63) is 64.2 Å². The van der Waals surface area contributed by atoms with Gasteiger partial charge < -0.3 is 9.84 Å². The van der Waals surface area contributed by atoms with E-state index in [2.05, 4.69) is 13.8 Å². The molecule has 0 aliphatic carbocycles. The molecule has 0 saturated carbocycles. The Kier molecular flexibility index (Phi) is 5.97. The predicted octanol–water partition coefficient (Wildman–Crippen LogP) is 4.32. The number of aryl methyl sites for hydroxylation is 1. The lowest BCUT2D eigenvalue weighted by atomic mass is 9.98. The number of hydrogen-bond donors (Lipinski definition) is 1. The first-order valence-corrected chi connectivity index (χ1v) is 8.36. The highest BCUT2D eigenvalue weighted by molar-refractivity contribution is 5.90. The van der Waals surface area contributed by atoms with Crippen LogP contribution in [0.15, 0.2) is 36.4 Å². The molecule has 4 heteroatoms. The van der Waals surface area contributed by atoms with E-state index in [1.807, 2.05) is 25.1 Å². The van der Waals surface area contributed by atoms with Gasteiger partial charge in [0.05, 0.1) is 5.56 Å². The van der Waals surface area contributed by atoms with E-state index in [4.69, 9.17) is 9.84 Å². The van der Waals surface area contributed by atoms with Gasteiger partial charge in [0, 0.05) is 6.42 Å². The van der Waals surface area contributed by atoms with Gasteiger partial charge in [-0.15, -0.1) is 0 Å². The van der Waals surface area contributed by atoms with Crippen LogP contribution in [0.2, 0.25) is 0 Å². The van der Waals surface area contributed by atoms with Gasteiger partial charge in [0.2, 0.25) is 0 Å². The Labute approximate surface area is 148 Å². The number of carbonyl (C=O) groups is 2. The van der Waals surface area contributed by atoms with E-state index in [1.54, 1.807) is 25.1 Å². The summed E-state index contributed by atoms with van der Waals surface area (Å²) in [6.07, 6.45) is 0.163. The van der Waals surface area contributed by atoms with Gasteiger partial charge in [0.15, 0.2) is 5.78 Å². The van der Waals surface area contributed by atoms with Crippen LogP contribution in [-0.2, 0) is 11.2 Å². The van der Waals surface area contributed by atoms with Crippen molar-refractivity contribution in [2.45, 2.75) is 40.0 Å². The van der Waals surface area contributed by atoms with Crippen LogP contribution in [0.3, 0.4) is 0 Å². The van der Waals surface area contributed by atoms with Crippen molar-refractivity contribution in [1.29, 1.82) is 0 Å². The normalized spacial score (nSPS) is 10.8. The summed E-state index contributed by atoms with van der Waals surface area (Å²) in [5, 5.41) is 9.15. The molecule has 0 radical (unpaired) electrons. The molecule has 0 aliphatic rings. The summed E-state index contributed by atoms with van der Waals surface area (Å²) in [6.45, 7) is 8.00. The molecule has 1 N–H and O–H groups in total. The fourth-order valence-electron chi connectivity index (χ4n) is 2.92. The highest BCUT2D eigenvalue weighted by Gasteiger charge is 2.13. The van der Waals surface area contributed by atoms with Crippen LogP contribution in [0.5, 0.6) is 5.75 Å². The summed E-state index contributed by atoms with van der Waals surface area (Å²) in [5.41, 5.74) is 3.98. The van der Waals surface area contributed by atoms with E-state index in [0.29, 0.717) is 17.2 Å². The molecule has 0 aliphatic heterocycles. The van der Waals surface area contributed by atoms with Gasteiger partial charge in [-0.25, -0.2) is 4.79 Å². The van der Waals surface area contributed by atoms with Crippen molar-refractivity contribution in [2.75, 3.05) is 6.61 Å². The molecule has 0 spiro atoms. The lowest BCUT2D eigenvalue weighted by Gasteiger charge is -2.12. The largest absolute Gasteiger partial charge is 0.486 e. The number of hydrogen-bond acceptors (Lipinski definition) is 3. The summed E-state index contributed by atoms with van der Waals surface area (Å²) in [7, 11) is 0. The topological polar surface area (TPSA) is 63.6 Å². The third kappa shape index (κ3) is 4.69. The minimum atomic E-state index is -0.983. The molecule has 0 heterocycles. The number of carbonyl (C=O) groups excluding carboxylic acids is 1. The van der Waals surface area contributed by atoms with Gasteiger partial charge >= 0.3 is 5.97 Å². The number of aromatic carboxylic acids is 1. The molecule has 0 saturated heterocycles. The van der Waals surface area contributed by atoms with Gasteiger partial charge in [-0.05, 0) is 60.2 Å². The van der Waals surface area contributed by atoms with E-state index < -0.39 is 5.97 Å². The average molecular weight is 340 g/mol. The Bertz CT molecular complexity index is 790. The van der Waals surface area contributed by atoms with E-state index in [1.165, 1.54) is 5.56 Å². The van der Waals surface area contributed by atoms with Crippen molar-refractivity contribution < 1.29 is 19.4 Å². The Morgan fingerprint density at radius 2 is 1.84 bits per heavy atom. The highest BCUT2D eigenvalue weighted by atomic mass is 16.5. The van der Waals surface area contributed by atoms with Crippen LogP contribution in [0.4, 0.5) is 0 Å². The first kappa shape index (κ1) is 18.7. The standard InChI is InChI=1S/C21H24O4/c1-13(2)19-9-8-18(10-14(19)3)25-12-17(22)11-16-6-5-7-20(15(16)4)21(23)24/h5-10,13H,11-12H2,1-4H3,(H,23,24). The fourth-order valence-corrected chi connectivity index (χ4v) is 2.92. The molecule has 2 aromatic rings. The monoisotopic (exact) mass is 340 g/mol. The number of ketones is 1. The Morgan fingerprint density at radius 3 is 2.44 bits per heavy atom. The zero-order valence-electron chi connectivity index (χ0n) is 15.1. The minimum absolute atomic E-state index is 0.0306. The third-order valence-corrected chi connectivity index (χ3v) is 4.33. The average Bonchev–Trinajstić information content (AvgIpc) is 2.54. The van der Waals surface area contributed by atoms with Crippen LogP contribution in [0, 0.1) is 13.8 Å². The van der Waals surface area contributed by atoms with Crippen molar-refractivity contribution in [3.63, 3.8) is 0 Å². The first-order chi connectivity index (χ1) is 11.8. The van der Waals surface area contributed by atoms with Crippen LogP contribution < -0.4 is 4.74 Å². The Morgan fingerprint density at radius 1 is 1.12 bits per heavy atom. The lowest BCUT2D eigenvalue weighted by Crippen LogP contribution is -2.15. The maximum atomic E-state index is 12.2. The zero-order valence-corrected chi connectivity index (χ0v) is 15.1. The number of benzene rings is 2. The molecule has 0 fully saturated rings. The first-order valence-electron chi connectivity index (χ1n) is 8.36. The third-order valence-electron chi connectivity index (χ3n) is 4.33. The van der Waals surface area contributed by atoms with Crippen LogP contribution >= 0.6 is 0 Å². The van der Waals surface area contributed by atoms with E-state index in [0.717, 1.165) is 11.1 Å². The SMILES string of the molecule is Cc1cc(OCC(=O)Cc2cccc(C(=O)O)c2C)ccc1C(C)C. The maximum absolute atomic E-state index is 12.2. The van der Waals surface area contributed by atoms with E-state index in [-0.39, 0.29) is 24.4 Å². The molecule has 0 unspecified atom stereocenters. The molecule has 0 aromatic heterocycles. The molecule has 25 heavy (non-hydrogen) atoms. The molecule has 2 aromatic carbocycles. The smallest absolute Gasteiger partial charge is 0.335 e. The van der Waals surface area contributed by atoms with Gasteiger partial charge in [-0.3, -0.25) is 4.79 Å². The summed E-state index contributed by atoms with van der Waals surface area (Å²) in [4.78, 5) is 23.4. The number of Topliss-reactive ketones (excluding diaryl/α,β-unsaturated/α-hetero) is 1. The molecular formula is C21H24O4. The van der Waals surface area contributed by atoms with Gasteiger partial charge in [0.1, 0.15) is 12.4 Å². The molecule has 2 rings (SSSR count). The second kappa shape index (κ2) is 7.97. The predicted molar refractivity (Wildman–Crippen MR) is 97.6 cm³/mol. The summed E-state index contributed by atoms with van der Waals surface area (Å²) >= 11 is 0. The van der Waals surface area contributed by atoms with Crippen LogP contribution in [0.1, 0.15) is 52.4 Å².